The summed E-state index contributed by atoms with van der Waals surface area (Å²) in [5.41, 5.74) is -0.135. The molecule has 0 amide bonds. The maximum absolute atomic E-state index is 5.81. The number of rotatable bonds is 3. The molecule has 0 aromatic heterocycles. The third-order valence-electron chi connectivity index (χ3n) is 5.44. The first-order valence-electron chi connectivity index (χ1n) is 8.43. The number of terminal acetylenes is 1. The highest BCUT2D eigenvalue weighted by atomic mass is 15.3. The van der Waals surface area contributed by atoms with Crippen LogP contribution in [0.2, 0.25) is 0 Å². The molecule has 2 rings (SSSR count). The molecule has 1 aliphatic carbocycles. The number of hydrogen-bond donors (Lipinski definition) is 1. The van der Waals surface area contributed by atoms with E-state index in [-0.39, 0.29) is 5.54 Å². The van der Waals surface area contributed by atoms with Crippen LogP contribution in [0.15, 0.2) is 0 Å². The van der Waals surface area contributed by atoms with Gasteiger partial charge in [-0.1, -0.05) is 39.0 Å². The zero-order chi connectivity index (χ0) is 14.8. The Kier molecular flexibility index (Phi) is 5.15. The highest BCUT2D eigenvalue weighted by Crippen LogP contribution is 2.31. The Hall–Kier alpha value is -0.520. The van der Waals surface area contributed by atoms with Gasteiger partial charge in [-0.15, -0.1) is 6.42 Å². The Labute approximate surface area is 125 Å². The van der Waals surface area contributed by atoms with Crippen LogP contribution in [-0.4, -0.2) is 35.6 Å². The van der Waals surface area contributed by atoms with Crippen LogP contribution in [-0.2, 0) is 0 Å². The lowest BCUT2D eigenvalue weighted by Gasteiger charge is -2.50. The molecule has 1 aliphatic heterocycles. The molecule has 1 saturated heterocycles. The molecule has 2 fully saturated rings. The lowest BCUT2D eigenvalue weighted by Crippen LogP contribution is -2.65. The Morgan fingerprint density at radius 3 is 2.40 bits per heavy atom. The van der Waals surface area contributed by atoms with Crippen LogP contribution in [0.25, 0.3) is 0 Å². The van der Waals surface area contributed by atoms with E-state index < -0.39 is 0 Å². The van der Waals surface area contributed by atoms with Crippen molar-refractivity contribution in [3.8, 4) is 12.3 Å². The smallest absolute Gasteiger partial charge is 0.0769 e. The first-order chi connectivity index (χ1) is 9.45. The van der Waals surface area contributed by atoms with Crippen molar-refractivity contribution >= 4 is 0 Å². The molecule has 2 atom stereocenters. The predicted molar refractivity (Wildman–Crippen MR) is 86.6 cm³/mol. The van der Waals surface area contributed by atoms with Gasteiger partial charge >= 0.3 is 0 Å². The van der Waals surface area contributed by atoms with Crippen LogP contribution < -0.4 is 5.32 Å². The Balaban J connectivity index is 2.09. The van der Waals surface area contributed by atoms with Crippen LogP contribution in [0.5, 0.6) is 0 Å². The number of nitrogens with zero attached hydrogens (tertiary/aromatic N) is 1. The maximum Gasteiger partial charge on any atom is 0.0769 e. The molecule has 0 aromatic carbocycles. The molecule has 2 heteroatoms. The van der Waals surface area contributed by atoms with Crippen LogP contribution in [0.3, 0.4) is 0 Å². The third kappa shape index (κ3) is 3.38. The van der Waals surface area contributed by atoms with Crippen LogP contribution in [0.1, 0.15) is 59.8 Å². The Bertz CT molecular complexity index is 347. The van der Waals surface area contributed by atoms with Crippen molar-refractivity contribution in [2.24, 2.45) is 11.8 Å². The van der Waals surface area contributed by atoms with Crippen LogP contribution in [0.4, 0.5) is 0 Å². The van der Waals surface area contributed by atoms with Crippen molar-refractivity contribution in [3.05, 3.63) is 0 Å². The topological polar surface area (TPSA) is 15.3 Å². The van der Waals surface area contributed by atoms with Crippen LogP contribution >= 0.6 is 0 Å². The van der Waals surface area contributed by atoms with Crippen molar-refractivity contribution in [3.63, 3.8) is 0 Å². The minimum atomic E-state index is -0.135. The van der Waals surface area contributed by atoms with Gasteiger partial charge in [-0.05, 0) is 38.5 Å². The Morgan fingerprint density at radius 2 is 1.85 bits per heavy atom. The molecule has 2 unspecified atom stereocenters. The van der Waals surface area contributed by atoms with Crippen LogP contribution in [0, 0.1) is 24.2 Å². The number of hydrogen-bond acceptors (Lipinski definition) is 2. The van der Waals surface area contributed by atoms with Gasteiger partial charge in [-0.3, -0.25) is 4.90 Å². The molecule has 1 heterocycles. The summed E-state index contributed by atoms with van der Waals surface area (Å²) in [7, 11) is 0. The summed E-state index contributed by atoms with van der Waals surface area (Å²) < 4.78 is 0. The lowest BCUT2D eigenvalue weighted by molar-refractivity contribution is 0.0219. The molecule has 20 heavy (non-hydrogen) atoms. The molecular formula is C18H32N2. The van der Waals surface area contributed by atoms with E-state index in [9.17, 15) is 0 Å². The predicted octanol–water partition coefficient (Wildman–Crippen LogP) is 3.28. The maximum atomic E-state index is 5.81. The van der Waals surface area contributed by atoms with E-state index in [1.165, 1.54) is 32.1 Å². The summed E-state index contributed by atoms with van der Waals surface area (Å²) in [5, 5.41) is 3.84. The van der Waals surface area contributed by atoms with Gasteiger partial charge in [0.1, 0.15) is 0 Å². The lowest BCUT2D eigenvalue weighted by atomic mass is 9.81. The van der Waals surface area contributed by atoms with E-state index in [2.05, 4.69) is 43.8 Å². The van der Waals surface area contributed by atoms with Crippen molar-refractivity contribution in [2.45, 2.75) is 77.4 Å². The highest BCUT2D eigenvalue weighted by Gasteiger charge is 2.39. The molecule has 0 bridgehead atoms. The quantitative estimate of drug-likeness (QED) is 0.796. The average Bonchev–Trinajstić information content (AvgIpc) is 2.47. The van der Waals surface area contributed by atoms with E-state index in [1.54, 1.807) is 0 Å². The largest absolute Gasteiger partial charge is 0.311 e. The number of nitrogens with one attached hydrogen (secondary N) is 1. The van der Waals surface area contributed by atoms with Gasteiger partial charge < -0.3 is 5.32 Å². The molecule has 1 saturated carbocycles. The second-order valence-electron chi connectivity index (χ2n) is 7.58. The van der Waals surface area contributed by atoms with Gasteiger partial charge in [0.15, 0.2) is 0 Å². The van der Waals surface area contributed by atoms with Gasteiger partial charge in [-0.25, -0.2) is 0 Å². The van der Waals surface area contributed by atoms with Gasteiger partial charge in [-0.2, -0.15) is 0 Å². The van der Waals surface area contributed by atoms with Crippen molar-refractivity contribution in [1.29, 1.82) is 0 Å². The molecule has 114 valence electrons. The van der Waals surface area contributed by atoms with Gasteiger partial charge in [0.05, 0.1) is 5.54 Å². The standard InChI is InChI=1S/C18H32N2/c1-6-18(4,5)20-13-16(15-10-8-7-9-11-15)19-12-17(20)14(2)3/h1,14-17,19H,7-13H2,2-5H3. The van der Waals surface area contributed by atoms with Crippen molar-refractivity contribution < 1.29 is 0 Å². The molecule has 0 spiro atoms. The van der Waals surface area contributed by atoms with E-state index >= 15 is 0 Å². The monoisotopic (exact) mass is 276 g/mol. The second-order valence-corrected chi connectivity index (χ2v) is 7.58. The summed E-state index contributed by atoms with van der Waals surface area (Å²) in [6.45, 7) is 11.2. The minimum Gasteiger partial charge on any atom is -0.311 e. The molecule has 2 aliphatic rings. The highest BCUT2D eigenvalue weighted by molar-refractivity contribution is 5.12. The van der Waals surface area contributed by atoms with Crippen molar-refractivity contribution in [1.82, 2.24) is 10.2 Å². The second kappa shape index (κ2) is 6.50. The molecular weight excluding hydrogens is 244 g/mol. The summed E-state index contributed by atoms with van der Waals surface area (Å²) in [4.78, 5) is 2.59. The van der Waals surface area contributed by atoms with Gasteiger partial charge in [0.2, 0.25) is 0 Å². The average molecular weight is 276 g/mol. The fourth-order valence-corrected chi connectivity index (χ4v) is 3.97. The number of piperazine rings is 1. The first-order valence-corrected chi connectivity index (χ1v) is 8.43. The summed E-state index contributed by atoms with van der Waals surface area (Å²) in [6, 6.07) is 1.19. The van der Waals surface area contributed by atoms with E-state index in [1.807, 2.05) is 0 Å². The first kappa shape index (κ1) is 15.9. The molecule has 1 N–H and O–H groups in total. The third-order valence-corrected chi connectivity index (χ3v) is 5.44. The summed E-state index contributed by atoms with van der Waals surface area (Å²) in [6.07, 6.45) is 12.9. The fourth-order valence-electron chi connectivity index (χ4n) is 3.97. The Morgan fingerprint density at radius 1 is 1.20 bits per heavy atom. The summed E-state index contributed by atoms with van der Waals surface area (Å²) in [5.74, 6) is 4.51. The van der Waals surface area contributed by atoms with Gasteiger partial charge in [0, 0.05) is 25.2 Å². The van der Waals surface area contributed by atoms with E-state index in [0.717, 1.165) is 19.0 Å². The van der Waals surface area contributed by atoms with E-state index in [4.69, 9.17) is 6.42 Å². The molecule has 0 radical (unpaired) electrons. The van der Waals surface area contributed by atoms with Gasteiger partial charge in [0.25, 0.3) is 0 Å². The molecule has 2 nitrogen and oxygen atoms in total. The zero-order valence-electron chi connectivity index (χ0n) is 13.8. The minimum absolute atomic E-state index is 0.135. The van der Waals surface area contributed by atoms with E-state index in [0.29, 0.717) is 18.0 Å². The summed E-state index contributed by atoms with van der Waals surface area (Å²) >= 11 is 0. The fraction of sp³-hybridized carbons (Fsp3) is 0.889. The normalized spacial score (nSPS) is 30.4. The van der Waals surface area contributed by atoms with Crippen molar-refractivity contribution in [2.75, 3.05) is 13.1 Å². The zero-order valence-corrected chi connectivity index (χ0v) is 13.8. The SMILES string of the molecule is C#CC(C)(C)N1CC(C2CCCCC2)NCC1C(C)C. The molecule has 0 aromatic rings.